The van der Waals surface area contributed by atoms with E-state index in [0.29, 0.717) is 21.4 Å². The number of hydrogen-bond acceptors (Lipinski definition) is 5. The minimum absolute atomic E-state index is 0.132. The zero-order valence-corrected chi connectivity index (χ0v) is 13.9. The van der Waals surface area contributed by atoms with Gasteiger partial charge in [-0.2, -0.15) is 0 Å². The van der Waals surface area contributed by atoms with Crippen LogP contribution in [-0.2, 0) is 0 Å². The minimum atomic E-state index is -0.485. The third-order valence-electron chi connectivity index (χ3n) is 3.29. The van der Waals surface area contributed by atoms with E-state index in [2.05, 4.69) is 10.3 Å². The number of aromatic nitrogens is 2. The molecule has 3 aromatic rings. The van der Waals surface area contributed by atoms with E-state index in [1.54, 1.807) is 30.6 Å². The highest BCUT2D eigenvalue weighted by atomic mass is 35.5. The molecule has 118 valence electrons. The van der Waals surface area contributed by atoms with E-state index >= 15 is 0 Å². The lowest BCUT2D eigenvalue weighted by Gasteiger charge is -2.11. The Morgan fingerprint density at radius 2 is 2.22 bits per heavy atom. The summed E-state index contributed by atoms with van der Waals surface area (Å²) in [4.78, 5) is 29.8. The molecule has 0 aliphatic heterocycles. The van der Waals surface area contributed by atoms with Crippen LogP contribution in [-0.4, -0.2) is 22.4 Å². The van der Waals surface area contributed by atoms with Gasteiger partial charge in [0, 0.05) is 16.6 Å². The first-order valence-corrected chi connectivity index (χ1v) is 7.88. The molecule has 1 N–H and O–H groups in total. The quantitative estimate of drug-likeness (QED) is 0.789. The molecule has 0 spiro atoms. The molecule has 0 atom stereocenters. The Hall–Kier alpha value is -2.38. The molecule has 6 nitrogen and oxygen atoms in total. The summed E-state index contributed by atoms with van der Waals surface area (Å²) in [5, 5.41) is 4.77. The second kappa shape index (κ2) is 6.02. The smallest absolute Gasteiger partial charge is 0.282 e. The molecule has 2 aromatic heterocycles. The Kier molecular flexibility index (Phi) is 4.06. The Balaban J connectivity index is 2.04. The summed E-state index contributed by atoms with van der Waals surface area (Å²) in [6.07, 6.45) is 1.62. The van der Waals surface area contributed by atoms with Crippen molar-refractivity contribution in [1.29, 1.82) is 0 Å². The van der Waals surface area contributed by atoms with Gasteiger partial charge in [0.1, 0.15) is 11.4 Å². The Morgan fingerprint density at radius 1 is 1.43 bits per heavy atom. The molecule has 2 heterocycles. The lowest BCUT2D eigenvalue weighted by atomic mass is 10.2. The van der Waals surface area contributed by atoms with Crippen molar-refractivity contribution in [2.75, 3.05) is 12.4 Å². The molecular weight excluding hydrogens is 338 g/mol. The minimum Gasteiger partial charge on any atom is -0.496 e. The fraction of sp³-hybridized carbons (Fsp3) is 0.133. The Labute approximate surface area is 140 Å². The van der Waals surface area contributed by atoms with Crippen LogP contribution in [0.1, 0.15) is 16.1 Å². The summed E-state index contributed by atoms with van der Waals surface area (Å²) in [5.41, 5.74) is 0.497. The first-order valence-electron chi connectivity index (χ1n) is 6.62. The van der Waals surface area contributed by atoms with Gasteiger partial charge in [-0.15, -0.1) is 11.3 Å². The standard InChI is InChI=1S/C15H12ClN3O3S/c1-8-12(14(21)19-5-6-23-15(19)17-8)18-13(20)10-7-9(16)3-4-11(10)22-2/h3-7H,1-2H3,(H,18,20). The van der Waals surface area contributed by atoms with E-state index in [9.17, 15) is 9.59 Å². The molecule has 0 saturated carbocycles. The van der Waals surface area contributed by atoms with Gasteiger partial charge in [-0.1, -0.05) is 11.6 Å². The van der Waals surface area contributed by atoms with Crippen molar-refractivity contribution in [2.24, 2.45) is 0 Å². The van der Waals surface area contributed by atoms with Gasteiger partial charge < -0.3 is 10.1 Å². The molecule has 0 unspecified atom stereocenters. The third kappa shape index (κ3) is 2.80. The van der Waals surface area contributed by atoms with Gasteiger partial charge in [-0.25, -0.2) is 4.98 Å². The van der Waals surface area contributed by atoms with Crippen LogP contribution in [0.15, 0.2) is 34.6 Å². The summed E-state index contributed by atoms with van der Waals surface area (Å²) in [6, 6.07) is 4.70. The van der Waals surface area contributed by atoms with Gasteiger partial charge >= 0.3 is 0 Å². The number of halogens is 1. The number of fused-ring (bicyclic) bond motifs is 1. The van der Waals surface area contributed by atoms with E-state index in [0.717, 1.165) is 0 Å². The average Bonchev–Trinajstić information content (AvgIpc) is 2.99. The number of methoxy groups -OCH3 is 1. The van der Waals surface area contributed by atoms with Crippen molar-refractivity contribution >= 4 is 39.5 Å². The highest BCUT2D eigenvalue weighted by molar-refractivity contribution is 7.15. The number of amides is 1. The van der Waals surface area contributed by atoms with Gasteiger partial charge in [0.25, 0.3) is 11.5 Å². The number of carbonyl (C=O) groups is 1. The first-order chi connectivity index (χ1) is 11.0. The molecule has 8 heteroatoms. The largest absolute Gasteiger partial charge is 0.496 e. The number of rotatable bonds is 3. The Bertz CT molecular complexity index is 964. The van der Waals surface area contributed by atoms with E-state index in [1.807, 2.05) is 0 Å². The van der Waals surface area contributed by atoms with Crippen LogP contribution in [0.25, 0.3) is 4.96 Å². The van der Waals surface area contributed by atoms with Crippen molar-refractivity contribution in [3.63, 3.8) is 0 Å². The number of aryl methyl sites for hydroxylation is 1. The van der Waals surface area contributed by atoms with Crippen LogP contribution >= 0.6 is 22.9 Å². The predicted molar refractivity (Wildman–Crippen MR) is 90.0 cm³/mol. The third-order valence-corrected chi connectivity index (χ3v) is 4.28. The SMILES string of the molecule is COc1ccc(Cl)cc1C(=O)Nc1c(C)nc2sccn2c1=O. The fourth-order valence-electron chi connectivity index (χ4n) is 2.16. The fourth-order valence-corrected chi connectivity index (χ4v) is 3.09. The lowest BCUT2D eigenvalue weighted by Crippen LogP contribution is -2.24. The van der Waals surface area contributed by atoms with Crippen LogP contribution < -0.4 is 15.6 Å². The summed E-state index contributed by atoms with van der Waals surface area (Å²) in [6.45, 7) is 1.67. The highest BCUT2D eigenvalue weighted by Crippen LogP contribution is 2.24. The molecule has 0 aliphatic carbocycles. The normalized spacial score (nSPS) is 10.7. The van der Waals surface area contributed by atoms with E-state index < -0.39 is 5.91 Å². The number of ether oxygens (including phenoxy) is 1. The summed E-state index contributed by atoms with van der Waals surface area (Å²) in [7, 11) is 1.46. The van der Waals surface area contributed by atoms with Crippen LogP contribution in [0.2, 0.25) is 5.02 Å². The number of thiazole rings is 1. The summed E-state index contributed by atoms with van der Waals surface area (Å²) < 4.78 is 6.55. The second-order valence-electron chi connectivity index (χ2n) is 4.73. The molecule has 0 bridgehead atoms. The van der Waals surface area contributed by atoms with Gasteiger partial charge in [-0.05, 0) is 25.1 Å². The highest BCUT2D eigenvalue weighted by Gasteiger charge is 2.17. The topological polar surface area (TPSA) is 72.7 Å². The zero-order chi connectivity index (χ0) is 16.6. The molecule has 1 aromatic carbocycles. The van der Waals surface area contributed by atoms with Crippen molar-refractivity contribution in [2.45, 2.75) is 6.92 Å². The first kappa shape index (κ1) is 15.5. The zero-order valence-electron chi connectivity index (χ0n) is 12.3. The van der Waals surface area contributed by atoms with E-state index in [-0.39, 0.29) is 16.8 Å². The molecular formula is C15H12ClN3O3S. The van der Waals surface area contributed by atoms with Crippen LogP contribution in [0.5, 0.6) is 5.75 Å². The maximum atomic E-state index is 12.5. The monoisotopic (exact) mass is 349 g/mol. The maximum absolute atomic E-state index is 12.5. The van der Waals surface area contributed by atoms with E-state index in [1.165, 1.54) is 28.9 Å². The van der Waals surface area contributed by atoms with Crippen LogP contribution in [0.3, 0.4) is 0 Å². The molecule has 0 aliphatic rings. The van der Waals surface area contributed by atoms with Gasteiger partial charge in [0.2, 0.25) is 0 Å². The lowest BCUT2D eigenvalue weighted by molar-refractivity contribution is 0.102. The van der Waals surface area contributed by atoms with Crippen molar-refractivity contribution in [3.05, 3.63) is 56.4 Å². The molecule has 3 rings (SSSR count). The number of nitrogens with one attached hydrogen (secondary N) is 1. The number of hydrogen-bond donors (Lipinski definition) is 1. The van der Waals surface area contributed by atoms with Crippen LogP contribution in [0, 0.1) is 6.92 Å². The number of nitrogens with zero attached hydrogens (tertiary/aromatic N) is 2. The average molecular weight is 350 g/mol. The number of anilines is 1. The summed E-state index contributed by atoms with van der Waals surface area (Å²) in [5.74, 6) is -0.115. The van der Waals surface area contributed by atoms with Crippen molar-refractivity contribution in [1.82, 2.24) is 9.38 Å². The van der Waals surface area contributed by atoms with Gasteiger partial charge in [-0.3, -0.25) is 14.0 Å². The Morgan fingerprint density at radius 3 is 2.96 bits per heavy atom. The predicted octanol–water partition coefficient (Wildman–Crippen LogP) is 2.98. The van der Waals surface area contributed by atoms with Crippen LogP contribution in [0.4, 0.5) is 5.69 Å². The molecule has 0 radical (unpaired) electrons. The number of carbonyl (C=O) groups excluding carboxylic acids is 1. The van der Waals surface area contributed by atoms with Crippen molar-refractivity contribution in [3.8, 4) is 5.75 Å². The van der Waals surface area contributed by atoms with E-state index in [4.69, 9.17) is 16.3 Å². The molecule has 0 fully saturated rings. The molecule has 1 amide bonds. The van der Waals surface area contributed by atoms with Gasteiger partial charge in [0.05, 0.1) is 18.4 Å². The summed E-state index contributed by atoms with van der Waals surface area (Å²) >= 11 is 7.28. The van der Waals surface area contributed by atoms with Crippen molar-refractivity contribution < 1.29 is 9.53 Å². The molecule has 23 heavy (non-hydrogen) atoms. The second-order valence-corrected chi connectivity index (χ2v) is 6.04. The van der Waals surface area contributed by atoms with Gasteiger partial charge in [0.15, 0.2) is 4.96 Å². The maximum Gasteiger partial charge on any atom is 0.282 e. The number of benzene rings is 1. The molecule has 0 saturated heterocycles.